The first-order chi connectivity index (χ1) is 27.0. The monoisotopic (exact) mass is 703 g/mol. The maximum Gasteiger partial charge on any atom is 0.143 e. The molecule has 1 aliphatic rings. The van der Waals surface area contributed by atoms with E-state index in [-0.39, 0.29) is 5.41 Å². The van der Waals surface area contributed by atoms with Crippen molar-refractivity contribution in [3.63, 3.8) is 0 Å². The molecule has 2 nitrogen and oxygen atoms in total. The zero-order valence-corrected chi connectivity index (χ0v) is 30.8. The van der Waals surface area contributed by atoms with Gasteiger partial charge in [0.1, 0.15) is 11.2 Å². The van der Waals surface area contributed by atoms with Gasteiger partial charge in [-0.15, -0.1) is 0 Å². The van der Waals surface area contributed by atoms with Crippen LogP contribution in [0.1, 0.15) is 25.0 Å². The molecule has 11 rings (SSSR count). The summed E-state index contributed by atoms with van der Waals surface area (Å²) in [5.41, 5.74) is 14.9. The fourth-order valence-electron chi connectivity index (χ4n) is 9.20. The lowest BCUT2D eigenvalue weighted by atomic mass is 9.82. The lowest BCUT2D eigenvalue weighted by molar-refractivity contribution is 0.660. The number of anilines is 3. The van der Waals surface area contributed by atoms with Gasteiger partial charge in [-0.25, -0.2) is 0 Å². The molecule has 0 radical (unpaired) electrons. The highest BCUT2D eigenvalue weighted by Gasteiger charge is 2.36. The third-order valence-corrected chi connectivity index (χ3v) is 11.9. The number of hydrogen-bond acceptors (Lipinski definition) is 2. The second-order valence-corrected chi connectivity index (χ2v) is 15.3. The predicted molar refractivity (Wildman–Crippen MR) is 232 cm³/mol. The van der Waals surface area contributed by atoms with Crippen molar-refractivity contribution in [3.05, 3.63) is 199 Å². The first-order valence-corrected chi connectivity index (χ1v) is 19.1. The minimum Gasteiger partial charge on any atom is -0.455 e. The molecule has 0 atom stereocenters. The van der Waals surface area contributed by atoms with Gasteiger partial charge in [0.15, 0.2) is 0 Å². The molecule has 0 saturated carbocycles. The van der Waals surface area contributed by atoms with E-state index in [1.165, 1.54) is 54.9 Å². The molecule has 1 aliphatic carbocycles. The molecule has 0 N–H and O–H groups in total. The van der Waals surface area contributed by atoms with Gasteiger partial charge in [-0.1, -0.05) is 166 Å². The molecule has 2 heteroatoms. The van der Waals surface area contributed by atoms with Crippen LogP contribution >= 0.6 is 0 Å². The minimum absolute atomic E-state index is 0.131. The van der Waals surface area contributed by atoms with Gasteiger partial charge in [0.25, 0.3) is 0 Å². The van der Waals surface area contributed by atoms with Crippen molar-refractivity contribution >= 4 is 60.5 Å². The lowest BCUT2D eigenvalue weighted by Crippen LogP contribution is -2.16. The van der Waals surface area contributed by atoms with Gasteiger partial charge in [0.2, 0.25) is 0 Å². The third kappa shape index (κ3) is 4.81. The Labute approximate surface area is 320 Å². The quantitative estimate of drug-likeness (QED) is 0.166. The second-order valence-electron chi connectivity index (χ2n) is 15.3. The van der Waals surface area contributed by atoms with Crippen LogP contribution in [0, 0.1) is 0 Å². The Balaban J connectivity index is 1.12. The Bertz CT molecular complexity index is 3130. The van der Waals surface area contributed by atoms with Gasteiger partial charge < -0.3 is 9.32 Å². The first kappa shape index (κ1) is 31.6. The van der Waals surface area contributed by atoms with Crippen molar-refractivity contribution in [3.8, 4) is 33.4 Å². The normalized spacial score (nSPS) is 13.1. The zero-order valence-electron chi connectivity index (χ0n) is 30.8. The van der Waals surface area contributed by atoms with Crippen molar-refractivity contribution in [1.29, 1.82) is 0 Å². The van der Waals surface area contributed by atoms with E-state index in [9.17, 15) is 0 Å². The molecule has 0 spiro atoms. The Morgan fingerprint density at radius 3 is 1.93 bits per heavy atom. The van der Waals surface area contributed by atoms with E-state index >= 15 is 0 Å². The summed E-state index contributed by atoms with van der Waals surface area (Å²) < 4.78 is 6.62. The molecule has 260 valence electrons. The highest BCUT2D eigenvalue weighted by Crippen LogP contribution is 2.52. The summed E-state index contributed by atoms with van der Waals surface area (Å²) >= 11 is 0. The Hall–Kier alpha value is -6.90. The van der Waals surface area contributed by atoms with Crippen LogP contribution in [0.5, 0.6) is 0 Å². The van der Waals surface area contributed by atoms with Gasteiger partial charge in [-0.05, 0) is 91.3 Å². The third-order valence-electron chi connectivity index (χ3n) is 11.9. The van der Waals surface area contributed by atoms with Gasteiger partial charge >= 0.3 is 0 Å². The van der Waals surface area contributed by atoms with Crippen LogP contribution < -0.4 is 4.90 Å². The summed E-state index contributed by atoms with van der Waals surface area (Å²) in [6.07, 6.45) is 0. The molecule has 0 unspecified atom stereocenters. The molecule has 9 aromatic carbocycles. The van der Waals surface area contributed by atoms with Crippen LogP contribution in [0.2, 0.25) is 0 Å². The number of nitrogens with zero attached hydrogens (tertiary/aromatic N) is 1. The topological polar surface area (TPSA) is 16.4 Å². The fourth-order valence-corrected chi connectivity index (χ4v) is 9.20. The van der Waals surface area contributed by atoms with Crippen LogP contribution in [0.4, 0.5) is 17.1 Å². The molecule has 55 heavy (non-hydrogen) atoms. The molecule has 0 amide bonds. The maximum atomic E-state index is 6.62. The molecular formula is C53H37NO. The molecule has 1 aromatic heterocycles. The summed E-state index contributed by atoms with van der Waals surface area (Å²) in [6.45, 7) is 4.70. The Kier molecular flexibility index (Phi) is 6.93. The summed E-state index contributed by atoms with van der Waals surface area (Å²) in [5, 5.41) is 7.32. The molecule has 0 saturated heterocycles. The van der Waals surface area contributed by atoms with E-state index in [0.717, 1.165) is 50.1 Å². The van der Waals surface area contributed by atoms with E-state index < -0.39 is 0 Å². The molecule has 0 aliphatic heterocycles. The van der Waals surface area contributed by atoms with Crippen molar-refractivity contribution in [2.24, 2.45) is 0 Å². The Morgan fingerprint density at radius 1 is 0.418 bits per heavy atom. The van der Waals surface area contributed by atoms with E-state index in [0.29, 0.717) is 0 Å². The van der Waals surface area contributed by atoms with Gasteiger partial charge in [0.05, 0.1) is 5.69 Å². The maximum absolute atomic E-state index is 6.62. The molecular weight excluding hydrogens is 667 g/mol. The number of hydrogen-bond donors (Lipinski definition) is 0. The number of para-hydroxylation sites is 3. The number of furan rings is 1. The highest BCUT2D eigenvalue weighted by molar-refractivity contribution is 6.14. The minimum atomic E-state index is -0.131. The molecule has 0 fully saturated rings. The average Bonchev–Trinajstić information content (AvgIpc) is 3.73. The van der Waals surface area contributed by atoms with Gasteiger partial charge in [-0.3, -0.25) is 0 Å². The summed E-state index contributed by atoms with van der Waals surface area (Å²) in [6, 6.07) is 68.4. The van der Waals surface area contributed by atoms with Crippen molar-refractivity contribution < 1.29 is 4.42 Å². The van der Waals surface area contributed by atoms with Crippen molar-refractivity contribution in [2.45, 2.75) is 19.3 Å². The largest absolute Gasteiger partial charge is 0.455 e. The number of rotatable bonds is 5. The Morgan fingerprint density at radius 2 is 1.04 bits per heavy atom. The van der Waals surface area contributed by atoms with Crippen LogP contribution in [0.25, 0.3) is 76.9 Å². The van der Waals surface area contributed by atoms with Crippen LogP contribution in [-0.2, 0) is 5.41 Å². The summed E-state index contributed by atoms with van der Waals surface area (Å²) in [4.78, 5) is 2.43. The summed E-state index contributed by atoms with van der Waals surface area (Å²) in [5.74, 6) is 0. The van der Waals surface area contributed by atoms with Gasteiger partial charge in [-0.2, -0.15) is 0 Å². The number of benzene rings is 9. The van der Waals surface area contributed by atoms with Crippen LogP contribution in [0.15, 0.2) is 192 Å². The van der Waals surface area contributed by atoms with Crippen molar-refractivity contribution in [2.75, 3.05) is 4.90 Å². The first-order valence-electron chi connectivity index (χ1n) is 19.1. The zero-order chi connectivity index (χ0) is 36.7. The second kappa shape index (κ2) is 12.1. The van der Waals surface area contributed by atoms with E-state index in [4.69, 9.17) is 4.42 Å². The van der Waals surface area contributed by atoms with Crippen molar-refractivity contribution in [1.82, 2.24) is 0 Å². The average molecular weight is 704 g/mol. The van der Waals surface area contributed by atoms with E-state index in [1.54, 1.807) is 0 Å². The lowest BCUT2D eigenvalue weighted by Gasteiger charge is -2.30. The number of fused-ring (bicyclic) bond motifs is 9. The highest BCUT2D eigenvalue weighted by atomic mass is 16.3. The smallest absolute Gasteiger partial charge is 0.143 e. The summed E-state index contributed by atoms with van der Waals surface area (Å²) in [7, 11) is 0. The molecule has 0 bridgehead atoms. The van der Waals surface area contributed by atoms with E-state index in [2.05, 4.69) is 201 Å². The van der Waals surface area contributed by atoms with E-state index in [1.807, 2.05) is 6.07 Å². The fraction of sp³-hybridized carbons (Fsp3) is 0.0566. The predicted octanol–water partition coefficient (Wildman–Crippen LogP) is 15.0. The molecule has 10 aromatic rings. The standard InChI is InChI=1S/C53H37NO/c1-53(2)47-22-8-5-16-41(47)42-32-31-38(33-48(42)53)54(49-23-9-6-17-43(49)45-20-12-21-46-44-18-7-10-24-50(44)55-52(45)46)37-29-27-35(28-30-37)40-19-11-14-36-26-25-34-13-3-4-15-39(34)51(36)40/h3-33H,1-2H3. The van der Waals surface area contributed by atoms with Crippen LogP contribution in [-0.4, -0.2) is 0 Å². The van der Waals surface area contributed by atoms with Crippen LogP contribution in [0.3, 0.4) is 0 Å². The SMILES string of the molecule is CC1(C)c2ccccc2-c2ccc(N(c3ccc(-c4cccc5ccc6ccccc6c45)cc3)c3ccccc3-c3cccc4c3oc3ccccc34)cc21. The van der Waals surface area contributed by atoms with Gasteiger partial charge in [0, 0.05) is 38.7 Å². The molecule has 1 heterocycles.